The van der Waals surface area contributed by atoms with Gasteiger partial charge >= 0.3 is 0 Å². The van der Waals surface area contributed by atoms with Crippen molar-refractivity contribution < 1.29 is 18.4 Å². The van der Waals surface area contributed by atoms with Gasteiger partial charge in [0.2, 0.25) is 18.2 Å². The Hall–Kier alpha value is -1.99. The minimum Gasteiger partial charge on any atom is -0.348 e. The summed E-state index contributed by atoms with van der Waals surface area (Å²) < 4.78 is 25.1. The molecule has 2 unspecified atom stereocenters. The van der Waals surface area contributed by atoms with Crippen molar-refractivity contribution in [1.29, 1.82) is 0 Å². The molecule has 0 aliphatic heterocycles. The minimum atomic E-state index is -2.49. The molecule has 1 rings (SSSR count). The Morgan fingerprint density at radius 1 is 1.33 bits per heavy atom. The van der Waals surface area contributed by atoms with Crippen molar-refractivity contribution in [3.05, 3.63) is 18.2 Å². The van der Waals surface area contributed by atoms with E-state index in [0.29, 0.717) is 12.1 Å². The monoisotopic (exact) mass is 344 g/mol. The van der Waals surface area contributed by atoms with Crippen LogP contribution in [0, 0.1) is 5.92 Å². The third-order valence-electron chi connectivity index (χ3n) is 3.73. The van der Waals surface area contributed by atoms with Gasteiger partial charge in [0.15, 0.2) is 0 Å². The number of hydrogen-bond acceptors (Lipinski definition) is 3. The molecule has 2 N–H and O–H groups in total. The summed E-state index contributed by atoms with van der Waals surface area (Å²) in [6.07, 6.45) is 0.681. The molecule has 0 saturated heterocycles. The number of halogens is 2. The molecule has 1 heterocycles. The van der Waals surface area contributed by atoms with Crippen LogP contribution < -0.4 is 5.32 Å². The van der Waals surface area contributed by atoms with Gasteiger partial charge in [-0.3, -0.25) is 9.59 Å². The number of likely N-dealkylation sites (N-methyl/N-ethyl adjacent to an activating group) is 1. The molecular weight excluding hydrogens is 318 g/mol. The fourth-order valence-electron chi connectivity index (χ4n) is 2.32. The number of nitrogens with one attached hydrogen (secondary N) is 2. The SMILES string of the molecule is CC(C)CC(=O)NC(Cc1cnc[nH]1)C(=O)N(C)C(C)CC(F)F. The van der Waals surface area contributed by atoms with Gasteiger partial charge in [-0.2, -0.15) is 0 Å². The van der Waals surface area contributed by atoms with Crippen LogP contribution in [0.1, 0.15) is 39.3 Å². The molecule has 2 amide bonds. The highest BCUT2D eigenvalue weighted by molar-refractivity contribution is 5.88. The number of hydrogen-bond donors (Lipinski definition) is 2. The summed E-state index contributed by atoms with van der Waals surface area (Å²) in [4.78, 5) is 32.7. The summed E-state index contributed by atoms with van der Waals surface area (Å²) in [6.45, 7) is 5.37. The zero-order chi connectivity index (χ0) is 18.3. The normalized spacial score (nSPS) is 13.8. The maximum atomic E-state index is 12.6. The average Bonchev–Trinajstić information content (AvgIpc) is 2.96. The van der Waals surface area contributed by atoms with Gasteiger partial charge in [0.05, 0.1) is 6.33 Å². The van der Waals surface area contributed by atoms with E-state index in [4.69, 9.17) is 0 Å². The van der Waals surface area contributed by atoms with Gasteiger partial charge in [0.1, 0.15) is 6.04 Å². The van der Waals surface area contributed by atoms with Crippen molar-refractivity contribution >= 4 is 11.8 Å². The molecule has 0 aliphatic carbocycles. The molecule has 0 aliphatic rings. The van der Waals surface area contributed by atoms with E-state index in [0.717, 1.165) is 0 Å². The van der Waals surface area contributed by atoms with Crippen LogP contribution in [0.5, 0.6) is 0 Å². The van der Waals surface area contributed by atoms with E-state index in [1.165, 1.54) is 18.3 Å². The van der Waals surface area contributed by atoms with E-state index in [1.807, 2.05) is 13.8 Å². The molecule has 0 bridgehead atoms. The Labute approximate surface area is 141 Å². The molecule has 0 fully saturated rings. The van der Waals surface area contributed by atoms with E-state index in [1.54, 1.807) is 13.1 Å². The molecule has 2 atom stereocenters. The number of imidazole rings is 1. The van der Waals surface area contributed by atoms with E-state index in [9.17, 15) is 18.4 Å². The zero-order valence-electron chi connectivity index (χ0n) is 14.6. The highest BCUT2D eigenvalue weighted by Gasteiger charge is 2.28. The second-order valence-corrected chi connectivity index (χ2v) is 6.42. The number of amides is 2. The molecule has 0 saturated carbocycles. The van der Waals surface area contributed by atoms with Gasteiger partial charge in [0, 0.05) is 44.2 Å². The largest absolute Gasteiger partial charge is 0.348 e. The first-order valence-electron chi connectivity index (χ1n) is 8.02. The molecular formula is C16H26F2N4O2. The van der Waals surface area contributed by atoms with Gasteiger partial charge in [-0.25, -0.2) is 13.8 Å². The van der Waals surface area contributed by atoms with E-state index in [2.05, 4.69) is 15.3 Å². The van der Waals surface area contributed by atoms with Crippen molar-refractivity contribution in [3.8, 4) is 0 Å². The summed E-state index contributed by atoms with van der Waals surface area (Å²) in [6, 6.07) is -1.44. The minimum absolute atomic E-state index is 0.156. The van der Waals surface area contributed by atoms with Crippen LogP contribution in [-0.2, 0) is 16.0 Å². The van der Waals surface area contributed by atoms with Crippen LogP contribution in [0.25, 0.3) is 0 Å². The maximum Gasteiger partial charge on any atom is 0.245 e. The van der Waals surface area contributed by atoms with Crippen LogP contribution in [0.15, 0.2) is 12.5 Å². The fourth-order valence-corrected chi connectivity index (χ4v) is 2.32. The molecule has 8 heteroatoms. The van der Waals surface area contributed by atoms with Crippen molar-refractivity contribution in [2.75, 3.05) is 7.05 Å². The molecule has 1 aromatic heterocycles. The van der Waals surface area contributed by atoms with Crippen molar-refractivity contribution in [1.82, 2.24) is 20.2 Å². The Bertz CT molecular complexity index is 520. The molecule has 136 valence electrons. The smallest absolute Gasteiger partial charge is 0.245 e. The number of nitrogens with zero attached hydrogens (tertiary/aromatic N) is 2. The number of aromatic nitrogens is 2. The molecule has 24 heavy (non-hydrogen) atoms. The summed E-state index contributed by atoms with van der Waals surface area (Å²) in [7, 11) is 1.48. The third kappa shape index (κ3) is 6.64. The zero-order valence-corrected chi connectivity index (χ0v) is 14.6. The topological polar surface area (TPSA) is 78.1 Å². The second-order valence-electron chi connectivity index (χ2n) is 6.42. The van der Waals surface area contributed by atoms with Crippen molar-refractivity contribution in [3.63, 3.8) is 0 Å². The van der Waals surface area contributed by atoms with Crippen molar-refractivity contribution in [2.24, 2.45) is 5.92 Å². The lowest BCUT2D eigenvalue weighted by atomic mass is 10.1. The second kappa shape index (κ2) is 9.34. The van der Waals surface area contributed by atoms with Gasteiger partial charge in [0.25, 0.3) is 0 Å². The Morgan fingerprint density at radius 3 is 2.50 bits per heavy atom. The molecule has 0 aromatic carbocycles. The standard InChI is InChI=1S/C16H26F2N4O2/c1-10(2)5-15(23)21-13(7-12-8-19-9-20-12)16(24)22(4)11(3)6-14(17)18/h8-11,13-14H,5-7H2,1-4H3,(H,19,20)(H,21,23). The van der Waals surface area contributed by atoms with Gasteiger partial charge < -0.3 is 15.2 Å². The Morgan fingerprint density at radius 2 is 2.00 bits per heavy atom. The number of aromatic amines is 1. The highest BCUT2D eigenvalue weighted by Crippen LogP contribution is 2.12. The van der Waals surface area contributed by atoms with E-state index < -0.39 is 30.8 Å². The quantitative estimate of drug-likeness (QED) is 0.719. The first kappa shape index (κ1) is 20.1. The average molecular weight is 344 g/mol. The van der Waals surface area contributed by atoms with Crippen LogP contribution in [0.2, 0.25) is 0 Å². The van der Waals surface area contributed by atoms with Crippen LogP contribution in [-0.4, -0.2) is 52.2 Å². The number of carbonyl (C=O) groups excluding carboxylic acids is 2. The lowest BCUT2D eigenvalue weighted by molar-refractivity contribution is -0.137. The fraction of sp³-hybridized carbons (Fsp3) is 0.688. The van der Waals surface area contributed by atoms with Crippen molar-refractivity contribution in [2.45, 2.75) is 58.5 Å². The summed E-state index contributed by atoms with van der Waals surface area (Å²) >= 11 is 0. The molecule has 1 aromatic rings. The number of rotatable bonds is 9. The van der Waals surface area contributed by atoms with Crippen LogP contribution in [0.4, 0.5) is 8.78 Å². The van der Waals surface area contributed by atoms with Gasteiger partial charge in [-0.1, -0.05) is 13.8 Å². The lowest BCUT2D eigenvalue weighted by Gasteiger charge is -2.29. The number of carbonyl (C=O) groups is 2. The van der Waals surface area contributed by atoms with Crippen LogP contribution in [0.3, 0.4) is 0 Å². The third-order valence-corrected chi connectivity index (χ3v) is 3.73. The first-order valence-corrected chi connectivity index (χ1v) is 8.02. The van der Waals surface area contributed by atoms with Gasteiger partial charge in [-0.05, 0) is 12.8 Å². The summed E-state index contributed by atoms with van der Waals surface area (Å²) in [5.74, 6) is -0.476. The van der Waals surface area contributed by atoms with E-state index >= 15 is 0 Å². The molecule has 0 spiro atoms. The number of H-pyrrole nitrogens is 1. The first-order chi connectivity index (χ1) is 11.2. The van der Waals surface area contributed by atoms with Gasteiger partial charge in [-0.15, -0.1) is 0 Å². The molecule has 0 radical (unpaired) electrons. The number of alkyl halides is 2. The summed E-state index contributed by atoms with van der Waals surface area (Å²) in [5.41, 5.74) is 0.688. The summed E-state index contributed by atoms with van der Waals surface area (Å²) in [5, 5.41) is 2.71. The maximum absolute atomic E-state index is 12.6. The van der Waals surface area contributed by atoms with E-state index in [-0.39, 0.29) is 18.2 Å². The Balaban J connectivity index is 2.82. The highest BCUT2D eigenvalue weighted by atomic mass is 19.3. The Kier molecular flexibility index (Phi) is 7.81. The van der Waals surface area contributed by atoms with Crippen LogP contribution >= 0.6 is 0 Å². The predicted octanol–water partition coefficient (Wildman–Crippen LogP) is 1.99. The predicted molar refractivity (Wildman–Crippen MR) is 86.5 cm³/mol. The lowest BCUT2D eigenvalue weighted by Crippen LogP contribution is -2.51. The molecule has 6 nitrogen and oxygen atoms in total.